The van der Waals surface area contributed by atoms with E-state index in [9.17, 15) is 0 Å². The van der Waals surface area contributed by atoms with Gasteiger partial charge >= 0.3 is 0 Å². The van der Waals surface area contributed by atoms with Crippen molar-refractivity contribution in [1.29, 1.82) is 0 Å². The molecular formula is C23H32IN5S. The molecule has 162 valence electrons. The highest BCUT2D eigenvalue weighted by Gasteiger charge is 2.43. The lowest BCUT2D eigenvalue weighted by Crippen LogP contribution is -2.41. The van der Waals surface area contributed by atoms with E-state index in [0.717, 1.165) is 43.5 Å². The van der Waals surface area contributed by atoms with Gasteiger partial charge in [-0.2, -0.15) is 0 Å². The lowest BCUT2D eigenvalue weighted by molar-refractivity contribution is 0.769. The molecule has 0 amide bonds. The fraction of sp³-hybridized carbons (Fsp3) is 0.478. The molecule has 4 rings (SSSR count). The summed E-state index contributed by atoms with van der Waals surface area (Å²) in [6.45, 7) is 6.79. The molecule has 5 nitrogen and oxygen atoms in total. The maximum absolute atomic E-state index is 4.78. The number of hydrogen-bond acceptors (Lipinski definition) is 4. The number of thioether (sulfide) groups is 1. The van der Waals surface area contributed by atoms with Crippen LogP contribution in [0.3, 0.4) is 0 Å². The van der Waals surface area contributed by atoms with Crippen LogP contribution in [0.25, 0.3) is 0 Å². The maximum Gasteiger partial charge on any atom is 0.191 e. The number of halogens is 1. The van der Waals surface area contributed by atoms with Crippen LogP contribution in [0.5, 0.6) is 0 Å². The average Bonchev–Trinajstić information content (AvgIpc) is 3.29. The summed E-state index contributed by atoms with van der Waals surface area (Å²) in [6.07, 6.45) is 7.01. The first-order valence-electron chi connectivity index (χ1n) is 10.7. The molecule has 1 aliphatic carbocycles. The Labute approximate surface area is 201 Å². The number of nitrogens with zero attached hydrogens (tertiary/aromatic N) is 3. The summed E-state index contributed by atoms with van der Waals surface area (Å²) < 4.78 is 0.302. The second-order valence-corrected chi connectivity index (χ2v) is 9.41. The van der Waals surface area contributed by atoms with E-state index in [0.29, 0.717) is 11.3 Å². The third kappa shape index (κ3) is 6.51. The van der Waals surface area contributed by atoms with Gasteiger partial charge in [0, 0.05) is 42.0 Å². The number of rotatable bonds is 8. The molecule has 2 heterocycles. The summed E-state index contributed by atoms with van der Waals surface area (Å²) in [4.78, 5) is 13.1. The molecule has 7 heteroatoms. The molecule has 30 heavy (non-hydrogen) atoms. The monoisotopic (exact) mass is 537 g/mol. The predicted octanol–water partition coefficient (Wildman–Crippen LogP) is 4.68. The Morgan fingerprint density at radius 2 is 1.87 bits per heavy atom. The highest BCUT2D eigenvalue weighted by molar-refractivity contribution is 14.0. The van der Waals surface area contributed by atoms with Crippen molar-refractivity contribution >= 4 is 47.5 Å². The van der Waals surface area contributed by atoms with Crippen molar-refractivity contribution in [3.05, 3.63) is 54.2 Å². The zero-order chi connectivity index (χ0) is 19.9. The minimum absolute atomic E-state index is 0. The molecule has 0 unspecified atom stereocenters. The molecule has 2 aliphatic rings. The van der Waals surface area contributed by atoms with Crippen LogP contribution in [0.2, 0.25) is 0 Å². The first-order chi connectivity index (χ1) is 14.3. The van der Waals surface area contributed by atoms with Crippen LogP contribution in [0.1, 0.15) is 38.2 Å². The standard InChI is InChI=1S/C23H31N5S.HI/c1-2-24-22(27-18-23(12-13-23)29-20-8-4-3-5-9-20)26-17-19-10-11-21(25-16-19)28-14-6-7-15-28;/h3-5,8-11,16H,2,6-7,12-15,17-18H2,1H3,(H2,24,26,27);1H. The largest absolute Gasteiger partial charge is 0.357 e. The summed E-state index contributed by atoms with van der Waals surface area (Å²) in [7, 11) is 0. The third-order valence-corrected chi connectivity index (χ3v) is 6.96. The second-order valence-electron chi connectivity index (χ2n) is 7.87. The molecule has 1 aromatic carbocycles. The smallest absolute Gasteiger partial charge is 0.191 e. The van der Waals surface area contributed by atoms with E-state index in [4.69, 9.17) is 4.99 Å². The van der Waals surface area contributed by atoms with Crippen molar-refractivity contribution in [3.8, 4) is 0 Å². The fourth-order valence-corrected chi connectivity index (χ4v) is 4.84. The Balaban J connectivity index is 0.00000256. The van der Waals surface area contributed by atoms with E-state index in [2.05, 4.69) is 69.9 Å². The number of pyridine rings is 1. The molecule has 2 fully saturated rings. The second kappa shape index (κ2) is 11.2. The van der Waals surface area contributed by atoms with E-state index < -0.39 is 0 Å². The fourth-order valence-electron chi connectivity index (χ4n) is 3.59. The van der Waals surface area contributed by atoms with Gasteiger partial charge in [-0.1, -0.05) is 24.3 Å². The van der Waals surface area contributed by atoms with E-state index >= 15 is 0 Å². The van der Waals surface area contributed by atoms with Crippen LogP contribution in [-0.4, -0.2) is 41.9 Å². The van der Waals surface area contributed by atoms with Gasteiger partial charge < -0.3 is 15.5 Å². The minimum atomic E-state index is 0. The highest BCUT2D eigenvalue weighted by Crippen LogP contribution is 2.51. The van der Waals surface area contributed by atoms with Crippen molar-refractivity contribution < 1.29 is 0 Å². The molecule has 1 saturated heterocycles. The SMILES string of the molecule is CCNC(=NCc1ccc(N2CCCC2)nc1)NCC1(Sc2ccccc2)CC1.I. The summed E-state index contributed by atoms with van der Waals surface area (Å²) >= 11 is 1.99. The van der Waals surface area contributed by atoms with Crippen molar-refractivity contribution in [3.63, 3.8) is 0 Å². The van der Waals surface area contributed by atoms with Gasteiger partial charge in [-0.05, 0) is 56.4 Å². The van der Waals surface area contributed by atoms with Gasteiger partial charge in [0.2, 0.25) is 0 Å². The van der Waals surface area contributed by atoms with Crippen molar-refractivity contribution in [2.24, 2.45) is 4.99 Å². The maximum atomic E-state index is 4.78. The first kappa shape index (κ1) is 23.2. The Kier molecular flexibility index (Phi) is 8.68. The quantitative estimate of drug-likeness (QED) is 0.291. The Bertz CT molecular complexity index is 802. The predicted molar refractivity (Wildman–Crippen MR) is 138 cm³/mol. The summed E-state index contributed by atoms with van der Waals surface area (Å²) in [5, 5.41) is 6.93. The van der Waals surface area contributed by atoms with Crippen molar-refractivity contribution in [2.45, 2.75) is 48.8 Å². The van der Waals surface area contributed by atoms with Gasteiger partial charge in [0.25, 0.3) is 0 Å². The summed E-state index contributed by atoms with van der Waals surface area (Å²) in [6, 6.07) is 15.0. The zero-order valence-electron chi connectivity index (χ0n) is 17.6. The number of guanidine groups is 1. The number of benzene rings is 1. The molecule has 0 atom stereocenters. The lowest BCUT2D eigenvalue weighted by Gasteiger charge is -2.18. The molecule has 2 N–H and O–H groups in total. The van der Waals surface area contributed by atoms with Crippen molar-refractivity contribution in [1.82, 2.24) is 15.6 Å². The van der Waals surface area contributed by atoms with Crippen LogP contribution in [0.15, 0.2) is 58.5 Å². The topological polar surface area (TPSA) is 52.6 Å². The van der Waals surface area contributed by atoms with Crippen LogP contribution < -0.4 is 15.5 Å². The lowest BCUT2D eigenvalue weighted by atomic mass is 10.3. The average molecular weight is 538 g/mol. The molecular weight excluding hydrogens is 505 g/mol. The molecule has 2 aromatic rings. The number of aromatic nitrogens is 1. The summed E-state index contributed by atoms with van der Waals surface area (Å²) in [5.41, 5.74) is 1.14. The van der Waals surface area contributed by atoms with Crippen LogP contribution >= 0.6 is 35.7 Å². The van der Waals surface area contributed by atoms with Gasteiger partial charge in [-0.25, -0.2) is 9.98 Å². The van der Waals surface area contributed by atoms with Crippen LogP contribution in [0.4, 0.5) is 5.82 Å². The van der Waals surface area contributed by atoms with Gasteiger partial charge in [-0.15, -0.1) is 35.7 Å². The number of aliphatic imine (C=N–C) groups is 1. The number of hydrogen-bond donors (Lipinski definition) is 2. The molecule has 0 bridgehead atoms. The van der Waals surface area contributed by atoms with Gasteiger partial charge in [0.05, 0.1) is 6.54 Å². The Morgan fingerprint density at radius 3 is 2.50 bits per heavy atom. The normalized spacial score (nSPS) is 17.4. The van der Waals surface area contributed by atoms with Crippen molar-refractivity contribution in [2.75, 3.05) is 31.1 Å². The minimum Gasteiger partial charge on any atom is -0.357 e. The van der Waals surface area contributed by atoms with Gasteiger partial charge in [-0.3, -0.25) is 0 Å². The Morgan fingerprint density at radius 1 is 1.10 bits per heavy atom. The van der Waals surface area contributed by atoms with E-state index in [1.807, 2.05) is 18.0 Å². The van der Waals surface area contributed by atoms with Crippen LogP contribution in [-0.2, 0) is 6.54 Å². The van der Waals surface area contributed by atoms with Gasteiger partial charge in [0.1, 0.15) is 5.82 Å². The zero-order valence-corrected chi connectivity index (χ0v) is 20.8. The molecule has 1 aliphatic heterocycles. The molecule has 1 saturated carbocycles. The van der Waals surface area contributed by atoms with E-state index in [1.165, 1.54) is 30.6 Å². The number of anilines is 1. The summed E-state index contributed by atoms with van der Waals surface area (Å²) in [5.74, 6) is 1.98. The highest BCUT2D eigenvalue weighted by atomic mass is 127. The third-order valence-electron chi connectivity index (χ3n) is 5.47. The molecule has 0 spiro atoms. The van der Waals surface area contributed by atoms with E-state index in [-0.39, 0.29) is 24.0 Å². The molecule has 0 radical (unpaired) electrons. The number of nitrogens with one attached hydrogen (secondary N) is 2. The Hall–Kier alpha value is -1.48. The molecule has 1 aromatic heterocycles. The first-order valence-corrected chi connectivity index (χ1v) is 11.5. The van der Waals surface area contributed by atoms with E-state index in [1.54, 1.807) is 0 Å². The van der Waals surface area contributed by atoms with Gasteiger partial charge in [0.15, 0.2) is 5.96 Å². The van der Waals surface area contributed by atoms with Crippen LogP contribution in [0, 0.1) is 0 Å².